The van der Waals surface area contributed by atoms with Gasteiger partial charge in [0.05, 0.1) is 0 Å². The number of ketones is 1. The third kappa shape index (κ3) is 9.49. The molecular formula is C30H37N3O4. The number of nitrogens with one attached hydrogen (secondary N) is 2. The zero-order chi connectivity index (χ0) is 26.5. The van der Waals surface area contributed by atoms with Gasteiger partial charge in [-0.2, -0.15) is 0 Å². The second kappa shape index (κ2) is 14.9. The Balaban J connectivity index is 1.48. The molecule has 196 valence electrons. The summed E-state index contributed by atoms with van der Waals surface area (Å²) >= 11 is 0. The van der Waals surface area contributed by atoms with Crippen LogP contribution in [-0.4, -0.2) is 41.9 Å². The van der Waals surface area contributed by atoms with Crippen molar-refractivity contribution < 1.29 is 19.5 Å². The number of carbonyl (C=O) groups is 3. The van der Waals surface area contributed by atoms with Crippen LogP contribution in [0.5, 0.6) is 0 Å². The fourth-order valence-electron chi connectivity index (χ4n) is 4.50. The minimum absolute atomic E-state index is 0.0588. The maximum Gasteiger partial charge on any atom is 0.251 e. The highest BCUT2D eigenvalue weighted by molar-refractivity contribution is 5.98. The maximum atomic E-state index is 12.4. The summed E-state index contributed by atoms with van der Waals surface area (Å²) < 4.78 is 0. The average Bonchev–Trinajstić information content (AvgIpc) is 2.90. The lowest BCUT2D eigenvalue weighted by Crippen LogP contribution is -2.46. The minimum atomic E-state index is -0.921. The Bertz CT molecular complexity index is 1090. The second-order valence-electron chi connectivity index (χ2n) is 9.59. The molecule has 2 amide bonds. The van der Waals surface area contributed by atoms with E-state index in [0.717, 1.165) is 23.2 Å². The number of benzene rings is 2. The summed E-state index contributed by atoms with van der Waals surface area (Å²) in [4.78, 5) is 36.3. The van der Waals surface area contributed by atoms with Crippen LogP contribution in [-0.2, 0) is 9.59 Å². The predicted octanol–water partition coefficient (Wildman–Crippen LogP) is 3.78. The van der Waals surface area contributed by atoms with Crippen molar-refractivity contribution in [3.63, 3.8) is 0 Å². The standard InChI is InChI=1S/C30H37N3O4/c31-20-27(28(35)21-34)33-30(37)25-15-10-23(11-16-25)8-9-24-12-17-26(18-13-24)32-29(36)19-14-22-6-4-2-1-3-5-7-22/h10-13,15-18,22,27,34H,1-7,14,19-21,31H2,(H,32,36)(H,33,37)/t27-/m0/s1. The largest absolute Gasteiger partial charge is 0.388 e. The van der Waals surface area contributed by atoms with E-state index in [1.807, 2.05) is 24.3 Å². The van der Waals surface area contributed by atoms with Crippen LogP contribution in [0.2, 0.25) is 0 Å². The lowest BCUT2D eigenvalue weighted by Gasteiger charge is -2.19. The van der Waals surface area contributed by atoms with E-state index in [2.05, 4.69) is 22.5 Å². The van der Waals surface area contributed by atoms with Gasteiger partial charge in [0, 0.05) is 35.3 Å². The van der Waals surface area contributed by atoms with E-state index in [9.17, 15) is 14.4 Å². The van der Waals surface area contributed by atoms with Crippen molar-refractivity contribution in [1.82, 2.24) is 5.32 Å². The Morgan fingerprint density at radius 2 is 1.46 bits per heavy atom. The lowest BCUT2D eigenvalue weighted by molar-refractivity contribution is -0.123. The average molecular weight is 504 g/mol. The van der Waals surface area contributed by atoms with Gasteiger partial charge < -0.3 is 21.5 Å². The highest BCUT2D eigenvalue weighted by Crippen LogP contribution is 2.26. The van der Waals surface area contributed by atoms with E-state index >= 15 is 0 Å². The lowest BCUT2D eigenvalue weighted by atomic mass is 9.88. The second-order valence-corrected chi connectivity index (χ2v) is 9.59. The van der Waals surface area contributed by atoms with Crippen LogP contribution >= 0.6 is 0 Å². The molecule has 5 N–H and O–H groups in total. The first-order valence-corrected chi connectivity index (χ1v) is 13.1. The molecule has 1 aliphatic rings. The highest BCUT2D eigenvalue weighted by Gasteiger charge is 2.19. The third-order valence-electron chi connectivity index (χ3n) is 6.76. The molecule has 1 saturated carbocycles. The number of amides is 2. The molecule has 0 bridgehead atoms. The fraction of sp³-hybridized carbons (Fsp3) is 0.433. The molecule has 7 heteroatoms. The summed E-state index contributed by atoms with van der Waals surface area (Å²) in [7, 11) is 0. The van der Waals surface area contributed by atoms with Gasteiger partial charge in [-0.25, -0.2) is 0 Å². The van der Waals surface area contributed by atoms with Crippen LogP contribution in [0, 0.1) is 17.8 Å². The van der Waals surface area contributed by atoms with Crippen LogP contribution in [0.3, 0.4) is 0 Å². The van der Waals surface area contributed by atoms with Crippen molar-refractivity contribution in [1.29, 1.82) is 0 Å². The van der Waals surface area contributed by atoms with E-state index in [-0.39, 0.29) is 12.5 Å². The molecule has 7 nitrogen and oxygen atoms in total. The Hall–Kier alpha value is -3.47. The molecule has 0 saturated heterocycles. The molecule has 0 unspecified atom stereocenters. The molecule has 2 aromatic carbocycles. The first-order valence-electron chi connectivity index (χ1n) is 13.1. The number of anilines is 1. The monoisotopic (exact) mass is 503 g/mol. The van der Waals surface area contributed by atoms with Gasteiger partial charge in [-0.1, -0.05) is 56.8 Å². The molecule has 0 radical (unpaired) electrons. The Kier molecular flexibility index (Phi) is 11.3. The normalized spacial score (nSPS) is 14.9. The summed E-state index contributed by atoms with van der Waals surface area (Å²) in [6.45, 7) is -0.762. The van der Waals surface area contributed by atoms with Crippen LogP contribution in [0.1, 0.15) is 79.3 Å². The van der Waals surface area contributed by atoms with Gasteiger partial charge in [0.25, 0.3) is 5.91 Å². The molecule has 2 aromatic rings. The number of rotatable bonds is 9. The van der Waals surface area contributed by atoms with Gasteiger partial charge >= 0.3 is 0 Å². The van der Waals surface area contributed by atoms with E-state index in [1.54, 1.807) is 24.3 Å². The molecule has 1 aliphatic carbocycles. The smallest absolute Gasteiger partial charge is 0.251 e. The van der Waals surface area contributed by atoms with Gasteiger partial charge in [0.2, 0.25) is 5.91 Å². The van der Waals surface area contributed by atoms with Crippen molar-refractivity contribution in [2.75, 3.05) is 18.5 Å². The Labute approximate surface area is 219 Å². The molecule has 3 rings (SSSR count). The quantitative estimate of drug-likeness (QED) is 0.388. The summed E-state index contributed by atoms with van der Waals surface area (Å²) in [5, 5.41) is 14.5. The number of aliphatic hydroxyl groups excluding tert-OH is 1. The summed E-state index contributed by atoms with van der Waals surface area (Å²) in [5.41, 5.74) is 8.16. The van der Waals surface area contributed by atoms with E-state index in [4.69, 9.17) is 10.8 Å². The molecule has 0 spiro atoms. The van der Waals surface area contributed by atoms with E-state index in [1.165, 1.54) is 44.9 Å². The van der Waals surface area contributed by atoms with E-state index < -0.39 is 24.3 Å². The van der Waals surface area contributed by atoms with Crippen molar-refractivity contribution in [2.45, 2.75) is 63.8 Å². The molecule has 0 aliphatic heterocycles. The highest BCUT2D eigenvalue weighted by atomic mass is 16.3. The summed E-state index contributed by atoms with van der Waals surface area (Å²) in [5.74, 6) is 5.89. The van der Waals surface area contributed by atoms with Crippen LogP contribution in [0.25, 0.3) is 0 Å². The van der Waals surface area contributed by atoms with Gasteiger partial charge in [0.15, 0.2) is 5.78 Å². The number of hydrogen-bond donors (Lipinski definition) is 4. The molecule has 1 atom stereocenters. The van der Waals surface area contributed by atoms with Gasteiger partial charge in [-0.15, -0.1) is 0 Å². The Morgan fingerprint density at radius 1 is 0.892 bits per heavy atom. The zero-order valence-corrected chi connectivity index (χ0v) is 21.3. The molecule has 0 aromatic heterocycles. The number of carbonyl (C=O) groups excluding carboxylic acids is 3. The topological polar surface area (TPSA) is 122 Å². The molecule has 0 heterocycles. The SMILES string of the molecule is NC[C@H](NC(=O)c1ccc(C#Cc2ccc(NC(=O)CCC3CCCCCCC3)cc2)cc1)C(=O)CO. The van der Waals surface area contributed by atoms with Crippen LogP contribution < -0.4 is 16.4 Å². The molecular weight excluding hydrogens is 466 g/mol. The molecule has 37 heavy (non-hydrogen) atoms. The summed E-state index contributed by atoms with van der Waals surface area (Å²) in [6, 6.07) is 13.2. The first kappa shape index (κ1) is 28.1. The summed E-state index contributed by atoms with van der Waals surface area (Å²) in [6.07, 6.45) is 10.6. The van der Waals surface area contributed by atoms with Gasteiger partial charge in [-0.3, -0.25) is 14.4 Å². The van der Waals surface area contributed by atoms with Crippen LogP contribution in [0.15, 0.2) is 48.5 Å². The van der Waals surface area contributed by atoms with E-state index in [0.29, 0.717) is 17.9 Å². The van der Waals surface area contributed by atoms with Gasteiger partial charge in [0.1, 0.15) is 12.6 Å². The number of Topliss-reactive ketones (excluding diaryl/α,β-unsaturated/α-hetero) is 1. The minimum Gasteiger partial charge on any atom is -0.388 e. The Morgan fingerprint density at radius 3 is 2.03 bits per heavy atom. The van der Waals surface area contributed by atoms with Crippen molar-refractivity contribution >= 4 is 23.3 Å². The van der Waals surface area contributed by atoms with Crippen molar-refractivity contribution in [3.05, 3.63) is 65.2 Å². The maximum absolute atomic E-state index is 12.4. The number of aliphatic hydroxyl groups is 1. The number of hydrogen-bond acceptors (Lipinski definition) is 5. The molecule has 1 fully saturated rings. The number of nitrogens with two attached hydrogens (primary N) is 1. The van der Waals surface area contributed by atoms with Crippen molar-refractivity contribution in [2.24, 2.45) is 11.7 Å². The fourth-order valence-corrected chi connectivity index (χ4v) is 4.50. The van der Waals surface area contributed by atoms with Crippen LogP contribution in [0.4, 0.5) is 5.69 Å². The third-order valence-corrected chi connectivity index (χ3v) is 6.76. The first-order chi connectivity index (χ1) is 18.0. The van der Waals surface area contributed by atoms with Crippen molar-refractivity contribution in [3.8, 4) is 11.8 Å². The predicted molar refractivity (Wildman–Crippen MR) is 145 cm³/mol. The van der Waals surface area contributed by atoms with Gasteiger partial charge in [-0.05, 0) is 60.9 Å². The zero-order valence-electron chi connectivity index (χ0n) is 21.3.